The molecule has 0 spiro atoms. The summed E-state index contributed by atoms with van der Waals surface area (Å²) in [5.41, 5.74) is 0.993. The second kappa shape index (κ2) is 7.51. The van der Waals surface area contributed by atoms with Crippen LogP contribution in [0.1, 0.15) is 19.4 Å². The van der Waals surface area contributed by atoms with Gasteiger partial charge in [-0.2, -0.15) is 0 Å². The lowest BCUT2D eigenvalue weighted by molar-refractivity contribution is 0.221. The van der Waals surface area contributed by atoms with E-state index in [1.54, 1.807) is 20.1 Å². The van der Waals surface area contributed by atoms with E-state index in [0.29, 0.717) is 13.2 Å². The molecule has 0 aliphatic rings. The summed E-state index contributed by atoms with van der Waals surface area (Å²) in [6, 6.07) is 14.1. The van der Waals surface area contributed by atoms with E-state index in [-0.39, 0.29) is 6.29 Å². The Morgan fingerprint density at radius 2 is 1.71 bits per heavy atom. The highest BCUT2D eigenvalue weighted by molar-refractivity contribution is 7.53. The van der Waals surface area contributed by atoms with E-state index in [2.05, 4.69) is 17.1 Å². The summed E-state index contributed by atoms with van der Waals surface area (Å²) in [6.45, 7) is 4.28. The van der Waals surface area contributed by atoms with Gasteiger partial charge < -0.3 is 9.05 Å². The highest BCUT2D eigenvalue weighted by atomic mass is 31.2. The van der Waals surface area contributed by atoms with Crippen LogP contribution in [0.5, 0.6) is 0 Å². The Kier molecular flexibility index (Phi) is 5.68. The Morgan fingerprint density at radius 3 is 2.43 bits per heavy atom. The normalized spacial score (nSPS) is 12.3. The molecule has 0 aromatic heterocycles. The summed E-state index contributed by atoms with van der Waals surface area (Å²) in [5.74, 6) is 0. The van der Waals surface area contributed by atoms with Gasteiger partial charge in [0.15, 0.2) is 0 Å². The Bertz CT molecular complexity index is 654. The molecule has 0 atom stereocenters. The summed E-state index contributed by atoms with van der Waals surface area (Å²) < 4.78 is 22.7. The van der Waals surface area contributed by atoms with Gasteiger partial charge in [0.25, 0.3) is 0 Å². The van der Waals surface area contributed by atoms with Crippen molar-refractivity contribution in [2.75, 3.05) is 19.5 Å². The minimum Gasteiger partial charge on any atom is -0.308 e. The van der Waals surface area contributed by atoms with Gasteiger partial charge in [-0.15, -0.1) is 0 Å². The van der Waals surface area contributed by atoms with E-state index >= 15 is 0 Å². The molecule has 2 aromatic rings. The maximum absolute atomic E-state index is 12.3. The lowest BCUT2D eigenvalue weighted by atomic mass is 10.1. The minimum atomic E-state index is -3.11. The molecule has 0 amide bonds. The Hall–Kier alpha value is -1.48. The average Bonchev–Trinajstić information content (AvgIpc) is 2.48. The molecule has 0 aliphatic carbocycles. The topological polar surface area (TPSA) is 47.9 Å². The van der Waals surface area contributed by atoms with Gasteiger partial charge in [0.2, 0.25) is 0 Å². The van der Waals surface area contributed by atoms with Gasteiger partial charge in [0.05, 0.1) is 13.2 Å². The number of hydrogen-bond donors (Lipinski definition) is 0. The van der Waals surface area contributed by atoms with Crippen LogP contribution in [0.3, 0.4) is 0 Å². The van der Waals surface area contributed by atoms with Crippen molar-refractivity contribution in [2.45, 2.75) is 13.8 Å². The van der Waals surface area contributed by atoms with E-state index in [1.807, 2.05) is 30.3 Å². The second-order valence-corrected chi connectivity index (χ2v) is 6.49. The van der Waals surface area contributed by atoms with Crippen LogP contribution in [-0.2, 0) is 13.6 Å². The van der Waals surface area contributed by atoms with E-state index in [1.165, 1.54) is 0 Å². The van der Waals surface area contributed by atoms with Gasteiger partial charge in [-0.05, 0) is 24.6 Å². The lowest BCUT2D eigenvalue weighted by Gasteiger charge is -2.14. The molecule has 5 heteroatoms. The van der Waals surface area contributed by atoms with Crippen molar-refractivity contribution in [2.24, 2.45) is 4.99 Å². The summed E-state index contributed by atoms with van der Waals surface area (Å²) >= 11 is 0. The molecule has 0 saturated carbocycles. The fourth-order valence-electron chi connectivity index (χ4n) is 2.11. The lowest BCUT2D eigenvalue weighted by Crippen LogP contribution is -1.99. The van der Waals surface area contributed by atoms with Crippen LogP contribution < -0.4 is 0 Å². The number of rotatable bonds is 7. The first-order valence-electron chi connectivity index (χ1n) is 7.04. The van der Waals surface area contributed by atoms with Crippen molar-refractivity contribution in [1.29, 1.82) is 0 Å². The van der Waals surface area contributed by atoms with Crippen LogP contribution in [0.4, 0.5) is 0 Å². The molecule has 0 bridgehead atoms. The smallest absolute Gasteiger partial charge is 0.308 e. The summed E-state index contributed by atoms with van der Waals surface area (Å²) in [6.07, 6.45) is 1.77. The van der Waals surface area contributed by atoms with E-state index in [4.69, 9.17) is 9.05 Å². The molecule has 2 aromatic carbocycles. The molecule has 4 nitrogen and oxygen atoms in total. The van der Waals surface area contributed by atoms with E-state index in [0.717, 1.165) is 16.3 Å². The third-order valence-electron chi connectivity index (χ3n) is 2.96. The molecule has 0 saturated heterocycles. The first-order chi connectivity index (χ1) is 10.2. The molecule has 0 radical (unpaired) electrons. The van der Waals surface area contributed by atoms with Crippen molar-refractivity contribution in [3.05, 3.63) is 48.0 Å². The summed E-state index contributed by atoms with van der Waals surface area (Å²) in [5, 5.41) is 2.27. The maximum Gasteiger partial charge on any atom is 0.351 e. The zero-order valence-electron chi connectivity index (χ0n) is 12.4. The average molecular weight is 305 g/mol. The molecule has 0 unspecified atom stereocenters. The van der Waals surface area contributed by atoms with Crippen LogP contribution in [0.15, 0.2) is 47.5 Å². The number of aliphatic imine (C=N–C) groups is 1. The Labute approximate surface area is 125 Å². The van der Waals surface area contributed by atoms with Crippen LogP contribution in [-0.4, -0.2) is 25.7 Å². The monoisotopic (exact) mass is 305 g/mol. The molecule has 0 aliphatic heterocycles. The van der Waals surface area contributed by atoms with Crippen molar-refractivity contribution in [1.82, 2.24) is 0 Å². The highest BCUT2D eigenvalue weighted by Gasteiger charge is 2.22. The van der Waals surface area contributed by atoms with Gasteiger partial charge in [0, 0.05) is 11.8 Å². The molecule has 0 heterocycles. The standard InChI is InChI=1S/C16H20NO3P/c1-3-19-21(18,20-4-2)13-17-12-15-10-7-9-14-8-5-6-11-16(14)15/h5-12H,3-4,13H2,1-2H3. The molecular formula is C16H20NO3P. The molecule has 2 rings (SSSR count). The SMILES string of the molecule is CCOP(=O)(CN=Cc1cccc2ccccc12)OCC. The van der Waals surface area contributed by atoms with Gasteiger partial charge in [0.1, 0.15) is 6.29 Å². The largest absolute Gasteiger partial charge is 0.351 e. The molecular weight excluding hydrogens is 285 g/mol. The van der Waals surface area contributed by atoms with Gasteiger partial charge in [-0.1, -0.05) is 42.5 Å². The van der Waals surface area contributed by atoms with Crippen LogP contribution in [0.2, 0.25) is 0 Å². The van der Waals surface area contributed by atoms with Gasteiger partial charge in [-0.3, -0.25) is 9.56 Å². The van der Waals surface area contributed by atoms with E-state index in [9.17, 15) is 4.57 Å². The predicted octanol–water partition coefficient (Wildman–Crippen LogP) is 4.48. The maximum atomic E-state index is 12.3. The summed E-state index contributed by atoms with van der Waals surface area (Å²) in [7, 11) is -3.11. The number of fused-ring (bicyclic) bond motifs is 1. The molecule has 112 valence electrons. The fourth-order valence-corrected chi connectivity index (χ4v) is 3.42. The van der Waals surface area contributed by atoms with Crippen molar-refractivity contribution in [3.63, 3.8) is 0 Å². The molecule has 0 fully saturated rings. The zero-order valence-corrected chi connectivity index (χ0v) is 13.3. The number of hydrogen-bond acceptors (Lipinski definition) is 4. The quantitative estimate of drug-likeness (QED) is 0.559. The van der Waals surface area contributed by atoms with Crippen molar-refractivity contribution in [3.8, 4) is 0 Å². The highest BCUT2D eigenvalue weighted by Crippen LogP contribution is 2.47. The van der Waals surface area contributed by atoms with Crippen molar-refractivity contribution < 1.29 is 13.6 Å². The Balaban J connectivity index is 2.18. The van der Waals surface area contributed by atoms with Gasteiger partial charge >= 0.3 is 7.60 Å². The third kappa shape index (κ3) is 4.24. The van der Waals surface area contributed by atoms with Crippen molar-refractivity contribution >= 4 is 24.6 Å². The summed E-state index contributed by atoms with van der Waals surface area (Å²) in [4.78, 5) is 4.26. The first kappa shape index (κ1) is 15.9. The predicted molar refractivity (Wildman–Crippen MR) is 87.3 cm³/mol. The molecule has 21 heavy (non-hydrogen) atoms. The fraction of sp³-hybridized carbons (Fsp3) is 0.312. The minimum absolute atomic E-state index is 0.0396. The second-order valence-electron chi connectivity index (χ2n) is 4.47. The number of benzene rings is 2. The van der Waals surface area contributed by atoms with Gasteiger partial charge in [-0.25, -0.2) is 0 Å². The van der Waals surface area contributed by atoms with Crippen LogP contribution >= 0.6 is 7.60 Å². The van der Waals surface area contributed by atoms with E-state index < -0.39 is 7.60 Å². The van der Waals surface area contributed by atoms with Crippen LogP contribution in [0.25, 0.3) is 10.8 Å². The third-order valence-corrected chi connectivity index (χ3v) is 4.77. The molecule has 0 N–H and O–H groups in total. The zero-order chi connectivity index (χ0) is 15.1. The van der Waals surface area contributed by atoms with Crippen LogP contribution in [0, 0.1) is 0 Å². The Morgan fingerprint density at radius 1 is 1.05 bits per heavy atom. The first-order valence-corrected chi connectivity index (χ1v) is 8.77. The number of nitrogens with zero attached hydrogens (tertiary/aromatic N) is 1.